The lowest BCUT2D eigenvalue weighted by atomic mass is 10.0. The van der Waals surface area contributed by atoms with Crippen LogP contribution in [-0.4, -0.2) is 49.3 Å². The van der Waals surface area contributed by atoms with Crippen molar-refractivity contribution in [3.05, 3.63) is 17.0 Å². The Kier molecular flexibility index (Phi) is 3.20. The van der Waals surface area contributed by atoms with Crippen molar-refractivity contribution in [2.24, 2.45) is 11.3 Å². The standard InChI is InChI=1S/C16H19N3O5/c20-13(21)12-10-8-18(14(22)16(4-5-16)15(23)24)6-3-11(10)19(17-12)7-9-1-2-9/h9H,1-8H2,(H,20,21)(H,23,24). The number of fused-ring (bicyclic) bond motifs is 1. The molecule has 4 rings (SSSR count). The zero-order valence-electron chi connectivity index (χ0n) is 13.2. The minimum atomic E-state index is -1.29. The number of hydrogen-bond donors (Lipinski definition) is 2. The normalized spacial score (nSPS) is 21.2. The molecular weight excluding hydrogens is 314 g/mol. The third-order valence-corrected chi connectivity index (χ3v) is 5.32. The quantitative estimate of drug-likeness (QED) is 0.769. The second-order valence-electron chi connectivity index (χ2n) is 7.07. The molecule has 2 aliphatic carbocycles. The van der Waals surface area contributed by atoms with Gasteiger partial charge in [-0.15, -0.1) is 0 Å². The highest BCUT2D eigenvalue weighted by atomic mass is 16.4. The number of amides is 1. The van der Waals surface area contributed by atoms with Crippen LogP contribution < -0.4 is 0 Å². The molecule has 128 valence electrons. The highest BCUT2D eigenvalue weighted by Gasteiger charge is 2.58. The molecule has 2 N–H and O–H groups in total. The third-order valence-electron chi connectivity index (χ3n) is 5.32. The summed E-state index contributed by atoms with van der Waals surface area (Å²) in [5.41, 5.74) is 0.140. The van der Waals surface area contributed by atoms with Crippen LogP contribution in [0.5, 0.6) is 0 Å². The Balaban J connectivity index is 1.62. The van der Waals surface area contributed by atoms with Crippen LogP contribution in [0.2, 0.25) is 0 Å². The Hall–Kier alpha value is -2.38. The highest BCUT2D eigenvalue weighted by Crippen LogP contribution is 2.48. The summed E-state index contributed by atoms with van der Waals surface area (Å²) in [4.78, 5) is 36.9. The summed E-state index contributed by atoms with van der Waals surface area (Å²) in [5.74, 6) is -2.01. The van der Waals surface area contributed by atoms with E-state index in [1.807, 2.05) is 0 Å². The predicted octanol–water partition coefficient (Wildman–Crippen LogP) is 0.741. The van der Waals surface area contributed by atoms with E-state index in [1.54, 1.807) is 4.68 Å². The average molecular weight is 333 g/mol. The fourth-order valence-electron chi connectivity index (χ4n) is 3.48. The summed E-state index contributed by atoms with van der Waals surface area (Å²) in [6.07, 6.45) is 3.52. The second-order valence-corrected chi connectivity index (χ2v) is 7.07. The number of aromatic nitrogens is 2. The van der Waals surface area contributed by atoms with Crippen molar-refractivity contribution >= 4 is 17.8 Å². The number of carboxylic acids is 2. The van der Waals surface area contributed by atoms with Crippen molar-refractivity contribution in [3.63, 3.8) is 0 Å². The van der Waals surface area contributed by atoms with Crippen LogP contribution >= 0.6 is 0 Å². The fraction of sp³-hybridized carbons (Fsp3) is 0.625. The summed E-state index contributed by atoms with van der Waals surface area (Å²) < 4.78 is 1.78. The lowest BCUT2D eigenvalue weighted by Gasteiger charge is -2.30. The Bertz CT molecular complexity index is 745. The SMILES string of the molecule is O=C(O)c1nn(CC2CC2)c2c1CN(C(=O)C1(C(=O)O)CC1)CC2. The van der Waals surface area contributed by atoms with Crippen molar-refractivity contribution in [2.75, 3.05) is 6.54 Å². The first-order valence-corrected chi connectivity index (χ1v) is 8.27. The van der Waals surface area contributed by atoms with Gasteiger partial charge < -0.3 is 15.1 Å². The number of rotatable bonds is 5. The maximum absolute atomic E-state index is 12.6. The van der Waals surface area contributed by atoms with Gasteiger partial charge in [-0.1, -0.05) is 0 Å². The molecule has 1 aromatic rings. The average Bonchev–Trinajstić information content (AvgIpc) is 3.44. The van der Waals surface area contributed by atoms with E-state index in [1.165, 1.54) is 4.90 Å². The molecule has 2 saturated carbocycles. The monoisotopic (exact) mass is 333 g/mol. The Morgan fingerprint density at radius 3 is 2.46 bits per heavy atom. The van der Waals surface area contributed by atoms with Crippen LogP contribution in [0.3, 0.4) is 0 Å². The van der Waals surface area contributed by atoms with E-state index in [0.717, 1.165) is 25.1 Å². The van der Waals surface area contributed by atoms with E-state index in [4.69, 9.17) is 0 Å². The van der Waals surface area contributed by atoms with Gasteiger partial charge in [0.25, 0.3) is 0 Å². The fourth-order valence-corrected chi connectivity index (χ4v) is 3.48. The molecule has 2 heterocycles. The summed E-state index contributed by atoms with van der Waals surface area (Å²) in [7, 11) is 0. The zero-order valence-corrected chi connectivity index (χ0v) is 13.2. The molecular formula is C16H19N3O5. The largest absolute Gasteiger partial charge is 0.480 e. The highest BCUT2D eigenvalue weighted by molar-refractivity contribution is 6.05. The molecule has 0 spiro atoms. The van der Waals surface area contributed by atoms with Gasteiger partial charge in [0.2, 0.25) is 5.91 Å². The number of nitrogens with zero attached hydrogens (tertiary/aromatic N) is 3. The molecule has 1 aliphatic heterocycles. The van der Waals surface area contributed by atoms with Gasteiger partial charge in [0.15, 0.2) is 5.69 Å². The first kappa shape index (κ1) is 15.2. The Morgan fingerprint density at radius 1 is 1.21 bits per heavy atom. The molecule has 0 unspecified atom stereocenters. The lowest BCUT2D eigenvalue weighted by molar-refractivity contribution is -0.153. The number of aliphatic carboxylic acids is 1. The van der Waals surface area contributed by atoms with Crippen LogP contribution in [0.1, 0.15) is 47.4 Å². The van der Waals surface area contributed by atoms with E-state index in [2.05, 4.69) is 5.10 Å². The summed E-state index contributed by atoms with van der Waals surface area (Å²) in [6.45, 7) is 1.27. The molecule has 24 heavy (non-hydrogen) atoms. The molecule has 0 aromatic carbocycles. The van der Waals surface area contributed by atoms with Gasteiger partial charge in [-0.2, -0.15) is 5.10 Å². The summed E-state index contributed by atoms with van der Waals surface area (Å²) in [5, 5.41) is 23.0. The maximum atomic E-state index is 12.6. The van der Waals surface area contributed by atoms with Gasteiger partial charge in [-0.3, -0.25) is 14.3 Å². The van der Waals surface area contributed by atoms with Crippen LogP contribution in [0.25, 0.3) is 0 Å². The summed E-state index contributed by atoms with van der Waals surface area (Å²) in [6, 6.07) is 0. The molecule has 0 bridgehead atoms. The molecule has 0 saturated heterocycles. The van der Waals surface area contributed by atoms with Gasteiger partial charge in [0.05, 0.1) is 0 Å². The van der Waals surface area contributed by atoms with E-state index < -0.39 is 23.3 Å². The van der Waals surface area contributed by atoms with Crippen LogP contribution in [0, 0.1) is 11.3 Å². The molecule has 1 amide bonds. The van der Waals surface area contributed by atoms with Crippen LogP contribution in [0.4, 0.5) is 0 Å². The number of aromatic carboxylic acids is 1. The molecule has 8 heteroatoms. The molecule has 0 radical (unpaired) electrons. The number of carbonyl (C=O) groups is 3. The minimum Gasteiger partial charge on any atom is -0.480 e. The molecule has 1 aromatic heterocycles. The first-order valence-electron chi connectivity index (χ1n) is 8.27. The summed E-state index contributed by atoms with van der Waals surface area (Å²) >= 11 is 0. The molecule has 2 fully saturated rings. The smallest absolute Gasteiger partial charge is 0.356 e. The second kappa shape index (κ2) is 5.06. The van der Waals surface area contributed by atoms with Gasteiger partial charge in [-0.25, -0.2) is 4.79 Å². The van der Waals surface area contributed by atoms with Crippen molar-refractivity contribution in [2.45, 2.75) is 45.2 Å². The maximum Gasteiger partial charge on any atom is 0.356 e. The zero-order chi connectivity index (χ0) is 17.1. The predicted molar refractivity (Wildman–Crippen MR) is 80.3 cm³/mol. The van der Waals surface area contributed by atoms with Gasteiger partial charge in [0.1, 0.15) is 5.41 Å². The minimum absolute atomic E-state index is 0.0108. The van der Waals surface area contributed by atoms with Gasteiger partial charge >= 0.3 is 11.9 Å². The lowest BCUT2D eigenvalue weighted by Crippen LogP contribution is -2.43. The van der Waals surface area contributed by atoms with Gasteiger partial charge in [0, 0.05) is 37.3 Å². The van der Waals surface area contributed by atoms with E-state index in [-0.39, 0.29) is 12.2 Å². The van der Waals surface area contributed by atoms with Crippen molar-refractivity contribution in [3.8, 4) is 0 Å². The number of hydrogen-bond acceptors (Lipinski definition) is 4. The van der Waals surface area contributed by atoms with Gasteiger partial charge in [-0.05, 0) is 31.6 Å². The first-order chi connectivity index (χ1) is 11.4. The van der Waals surface area contributed by atoms with Crippen LogP contribution in [-0.2, 0) is 29.1 Å². The van der Waals surface area contributed by atoms with Crippen molar-refractivity contribution < 1.29 is 24.6 Å². The van der Waals surface area contributed by atoms with Crippen molar-refractivity contribution in [1.82, 2.24) is 14.7 Å². The Labute approximate surface area is 138 Å². The van der Waals surface area contributed by atoms with Crippen molar-refractivity contribution in [1.29, 1.82) is 0 Å². The Morgan fingerprint density at radius 2 is 1.92 bits per heavy atom. The van der Waals surface area contributed by atoms with E-state index >= 15 is 0 Å². The molecule has 0 atom stereocenters. The third kappa shape index (κ3) is 2.28. The molecule has 8 nitrogen and oxygen atoms in total. The number of carbonyl (C=O) groups excluding carboxylic acids is 1. The van der Waals surface area contributed by atoms with Crippen LogP contribution in [0.15, 0.2) is 0 Å². The molecule has 3 aliphatic rings. The van der Waals surface area contributed by atoms with E-state index in [9.17, 15) is 24.6 Å². The van der Waals surface area contributed by atoms with E-state index in [0.29, 0.717) is 37.3 Å². The topological polar surface area (TPSA) is 113 Å². The number of carboxylic acid groups (broad SMARTS) is 2.